The molecule has 2 fully saturated rings. The van der Waals surface area contributed by atoms with Gasteiger partial charge in [-0.25, -0.2) is 17.6 Å². The van der Waals surface area contributed by atoms with Gasteiger partial charge in [0, 0.05) is 17.7 Å². The second kappa shape index (κ2) is 12.2. The Labute approximate surface area is 236 Å². The van der Waals surface area contributed by atoms with E-state index in [2.05, 4.69) is 23.5 Å². The lowest BCUT2D eigenvalue weighted by Crippen LogP contribution is -2.37. The molecule has 2 aliphatic carbocycles. The number of ether oxygens (including phenoxy) is 1. The Morgan fingerprint density at radius 1 is 0.659 bits per heavy atom. The van der Waals surface area contributed by atoms with E-state index in [1.54, 1.807) is 12.1 Å². The molecule has 0 radical (unpaired) electrons. The van der Waals surface area contributed by atoms with Crippen molar-refractivity contribution in [2.45, 2.75) is 76.2 Å². The summed E-state index contributed by atoms with van der Waals surface area (Å²) in [5.41, 5.74) is 3.13. The van der Waals surface area contributed by atoms with Crippen molar-refractivity contribution in [1.29, 1.82) is 0 Å². The molecule has 2 aliphatic rings. The lowest BCUT2D eigenvalue weighted by Gasteiger charge is -2.33. The van der Waals surface area contributed by atoms with Crippen LogP contribution in [0.5, 0.6) is 5.75 Å². The lowest BCUT2D eigenvalue weighted by molar-refractivity contribution is -0.222. The summed E-state index contributed by atoms with van der Waals surface area (Å²) in [6.07, 6.45) is 2.16. The van der Waals surface area contributed by atoms with Gasteiger partial charge in [-0.05, 0) is 91.7 Å². The molecule has 0 saturated heterocycles. The predicted molar refractivity (Wildman–Crippen MR) is 146 cm³/mol. The molecule has 0 N–H and O–H groups in total. The zero-order chi connectivity index (χ0) is 29.1. The van der Waals surface area contributed by atoms with Crippen LogP contribution in [0.25, 0.3) is 0 Å². The van der Waals surface area contributed by atoms with E-state index in [9.17, 15) is 26.3 Å². The molecule has 0 atom stereocenters. The van der Waals surface area contributed by atoms with E-state index in [1.165, 1.54) is 12.8 Å². The molecule has 3 aromatic carbocycles. The maximum absolute atomic E-state index is 14.8. The highest BCUT2D eigenvalue weighted by Crippen LogP contribution is 2.43. The van der Waals surface area contributed by atoms with Gasteiger partial charge in [0.2, 0.25) is 0 Å². The molecule has 0 unspecified atom stereocenters. The van der Waals surface area contributed by atoms with Gasteiger partial charge in [0.25, 0.3) is 0 Å². The van der Waals surface area contributed by atoms with Crippen molar-refractivity contribution < 1.29 is 31.1 Å². The molecule has 0 aromatic heterocycles. The van der Waals surface area contributed by atoms with E-state index >= 15 is 0 Å². The van der Waals surface area contributed by atoms with E-state index in [0.29, 0.717) is 36.5 Å². The van der Waals surface area contributed by atoms with E-state index in [4.69, 9.17) is 0 Å². The van der Waals surface area contributed by atoms with Crippen LogP contribution in [-0.2, 0) is 0 Å². The van der Waals surface area contributed by atoms with Gasteiger partial charge in [0.05, 0.1) is 11.5 Å². The van der Waals surface area contributed by atoms with Crippen molar-refractivity contribution in [1.82, 2.24) is 0 Å². The fourth-order valence-electron chi connectivity index (χ4n) is 6.05. The Bertz CT molecular complexity index is 1400. The number of halogens is 6. The van der Waals surface area contributed by atoms with Crippen LogP contribution in [-0.4, -0.2) is 6.11 Å². The molecule has 3 aromatic rings. The summed E-state index contributed by atoms with van der Waals surface area (Å²) in [5, 5.41) is 0. The smallest absolute Gasteiger partial charge is 0.400 e. The second-order valence-corrected chi connectivity index (χ2v) is 11.5. The van der Waals surface area contributed by atoms with Crippen molar-refractivity contribution in [3.63, 3.8) is 0 Å². The highest BCUT2D eigenvalue weighted by atomic mass is 19.3. The molecule has 0 spiro atoms. The summed E-state index contributed by atoms with van der Waals surface area (Å²) in [6.45, 7) is 2.26. The minimum atomic E-state index is -3.65. The molecule has 0 aliphatic heterocycles. The monoisotopic (exact) mass is 570 g/mol. The zero-order valence-electron chi connectivity index (χ0n) is 22.8. The van der Waals surface area contributed by atoms with Crippen LogP contribution in [0, 0.1) is 46.9 Å². The molecule has 0 amide bonds. The number of benzene rings is 3. The molecule has 7 heteroatoms. The van der Waals surface area contributed by atoms with E-state index in [1.807, 2.05) is 30.3 Å². The molecule has 41 heavy (non-hydrogen) atoms. The molecule has 0 heterocycles. The fourth-order valence-corrected chi connectivity index (χ4v) is 6.05. The van der Waals surface area contributed by atoms with Crippen molar-refractivity contribution in [3.8, 4) is 17.6 Å². The minimum Gasteiger partial charge on any atom is -0.432 e. The normalized spacial score (nSPS) is 23.0. The number of rotatable bonds is 5. The number of hydrogen-bond acceptors (Lipinski definition) is 1. The summed E-state index contributed by atoms with van der Waals surface area (Å²) in [4.78, 5) is 0. The van der Waals surface area contributed by atoms with E-state index in [0.717, 1.165) is 35.4 Å². The molecule has 5 rings (SSSR count). The summed E-state index contributed by atoms with van der Waals surface area (Å²) < 4.78 is 88.8. The zero-order valence-corrected chi connectivity index (χ0v) is 22.8. The van der Waals surface area contributed by atoms with Gasteiger partial charge < -0.3 is 4.74 Å². The number of hydrogen-bond donors (Lipinski definition) is 0. The van der Waals surface area contributed by atoms with E-state index in [-0.39, 0.29) is 24.6 Å². The van der Waals surface area contributed by atoms with Crippen LogP contribution in [0.1, 0.15) is 92.4 Å². The maximum atomic E-state index is 14.8. The highest BCUT2D eigenvalue weighted by Gasteiger charge is 2.44. The Kier molecular flexibility index (Phi) is 8.68. The van der Waals surface area contributed by atoms with Crippen LogP contribution in [0.4, 0.5) is 26.3 Å². The maximum Gasteiger partial charge on any atom is 0.400 e. The average Bonchev–Trinajstić information content (AvgIpc) is 2.96. The summed E-state index contributed by atoms with van der Waals surface area (Å²) in [6, 6.07) is 13.7. The highest BCUT2D eigenvalue weighted by molar-refractivity contribution is 5.45. The first kappa shape index (κ1) is 29.1. The molecular weight excluding hydrogens is 538 g/mol. The Balaban J connectivity index is 1.16. The first-order valence-corrected chi connectivity index (χ1v) is 14.2. The summed E-state index contributed by atoms with van der Waals surface area (Å²) >= 11 is 0. The third-order valence-electron chi connectivity index (χ3n) is 8.62. The van der Waals surface area contributed by atoms with Crippen LogP contribution in [0.2, 0.25) is 0 Å². The van der Waals surface area contributed by atoms with Crippen molar-refractivity contribution in [3.05, 3.63) is 100 Å². The van der Waals surface area contributed by atoms with Crippen molar-refractivity contribution in [2.24, 2.45) is 11.8 Å². The fraction of sp³-hybridized carbons (Fsp3) is 0.412. The van der Waals surface area contributed by atoms with Crippen molar-refractivity contribution >= 4 is 0 Å². The van der Waals surface area contributed by atoms with Gasteiger partial charge in [0.15, 0.2) is 17.5 Å². The quantitative estimate of drug-likeness (QED) is 0.169. The molecule has 2 saturated carbocycles. The van der Waals surface area contributed by atoms with Gasteiger partial charge in [-0.1, -0.05) is 49.8 Å². The van der Waals surface area contributed by atoms with Gasteiger partial charge in [-0.3, -0.25) is 0 Å². The van der Waals surface area contributed by atoms with Gasteiger partial charge in [-0.15, -0.1) is 0 Å². The minimum absolute atomic E-state index is 0.0672. The Morgan fingerprint density at radius 3 is 1.83 bits per heavy atom. The SMILES string of the molecule is CC1CCC(c2ccc(C#Cc3ccc(C4CCC(C(F)(F)Oc5cc(F)c(F)c(F)c5)CC4)cc3)c(F)c2)CC1. The van der Waals surface area contributed by atoms with Crippen LogP contribution >= 0.6 is 0 Å². The topological polar surface area (TPSA) is 9.23 Å². The predicted octanol–water partition coefficient (Wildman–Crippen LogP) is 9.88. The van der Waals surface area contributed by atoms with Crippen LogP contribution in [0.3, 0.4) is 0 Å². The number of alkyl halides is 2. The standard InChI is InChI=1S/C34H32F6O/c1-21-2-7-25(8-3-21)27-13-12-26(30(35)18-27)11-6-22-4-9-23(10-5-22)24-14-16-28(17-15-24)34(39,40)41-29-19-31(36)33(38)32(37)20-29/h4-5,9-10,12-13,18-21,24-25,28H,2-3,7-8,14-17H2,1H3. The van der Waals surface area contributed by atoms with Gasteiger partial charge in [0.1, 0.15) is 11.6 Å². The Morgan fingerprint density at radius 2 is 1.22 bits per heavy atom. The molecule has 216 valence electrons. The summed E-state index contributed by atoms with van der Waals surface area (Å²) in [7, 11) is 0. The third-order valence-corrected chi connectivity index (χ3v) is 8.62. The average molecular weight is 571 g/mol. The molecule has 1 nitrogen and oxygen atoms in total. The largest absolute Gasteiger partial charge is 0.432 e. The Hall–Kier alpha value is -3.40. The van der Waals surface area contributed by atoms with Crippen LogP contribution in [0.15, 0.2) is 54.6 Å². The van der Waals surface area contributed by atoms with Gasteiger partial charge in [-0.2, -0.15) is 8.78 Å². The lowest BCUT2D eigenvalue weighted by atomic mass is 9.78. The first-order valence-electron chi connectivity index (χ1n) is 14.2. The van der Waals surface area contributed by atoms with Gasteiger partial charge >= 0.3 is 6.11 Å². The molecule has 0 bridgehead atoms. The van der Waals surface area contributed by atoms with Crippen LogP contribution < -0.4 is 4.74 Å². The molecular formula is C34H32F6O. The van der Waals surface area contributed by atoms with E-state index < -0.39 is 35.2 Å². The first-order chi connectivity index (χ1) is 19.6. The third kappa shape index (κ3) is 6.92. The summed E-state index contributed by atoms with van der Waals surface area (Å²) in [5.74, 6) is 0.0658. The van der Waals surface area contributed by atoms with Crippen molar-refractivity contribution in [2.75, 3.05) is 0 Å². The second-order valence-electron chi connectivity index (χ2n) is 11.5.